The van der Waals surface area contributed by atoms with Crippen LogP contribution in [0.4, 0.5) is 4.79 Å². The van der Waals surface area contributed by atoms with Crippen LogP contribution in [0.3, 0.4) is 0 Å². The van der Waals surface area contributed by atoms with E-state index in [1.165, 1.54) is 0 Å². The lowest BCUT2D eigenvalue weighted by Crippen LogP contribution is -2.38. The molecule has 1 aromatic rings. The number of ketones is 1. The highest BCUT2D eigenvalue weighted by Gasteiger charge is 2.30. The highest BCUT2D eigenvalue weighted by Crippen LogP contribution is 2.22. The number of carbonyl (C=O) groups excluding carboxylic acids is 2. The summed E-state index contributed by atoms with van der Waals surface area (Å²) in [5.41, 5.74) is 0. The summed E-state index contributed by atoms with van der Waals surface area (Å²) in [4.78, 5) is 24.8. The van der Waals surface area contributed by atoms with E-state index in [0.717, 1.165) is 12.8 Å². The first-order valence-corrected chi connectivity index (χ1v) is 6.20. The highest BCUT2D eigenvalue weighted by atomic mass is 16.6. The maximum Gasteiger partial charge on any atom is 0.415 e. The summed E-state index contributed by atoms with van der Waals surface area (Å²) < 4.78 is 5.29. The molecule has 0 aromatic heterocycles. The summed E-state index contributed by atoms with van der Waals surface area (Å²) in [6.45, 7) is 2.22. The fourth-order valence-corrected chi connectivity index (χ4v) is 2.27. The summed E-state index contributed by atoms with van der Waals surface area (Å²) in [5.74, 6) is 0.649. The predicted molar refractivity (Wildman–Crippen MR) is 67.5 cm³/mol. The van der Waals surface area contributed by atoms with Crippen LogP contribution < -0.4 is 4.74 Å². The van der Waals surface area contributed by atoms with Crippen LogP contribution in [0.1, 0.15) is 26.2 Å². The monoisotopic (exact) mass is 247 g/mol. The molecular weight excluding hydrogens is 230 g/mol. The Labute approximate surface area is 107 Å². The lowest BCUT2D eigenvalue weighted by molar-refractivity contribution is -0.117. The van der Waals surface area contributed by atoms with Crippen molar-refractivity contribution in [1.29, 1.82) is 0 Å². The molecule has 4 nitrogen and oxygen atoms in total. The zero-order chi connectivity index (χ0) is 13.0. The first kappa shape index (κ1) is 12.6. The van der Waals surface area contributed by atoms with Crippen LogP contribution in [0.5, 0.6) is 5.75 Å². The first-order chi connectivity index (χ1) is 8.66. The van der Waals surface area contributed by atoms with Gasteiger partial charge in [-0.1, -0.05) is 18.2 Å². The van der Waals surface area contributed by atoms with E-state index in [2.05, 4.69) is 0 Å². The third kappa shape index (κ3) is 3.09. The third-order valence-electron chi connectivity index (χ3n) is 3.08. The van der Waals surface area contributed by atoms with Gasteiger partial charge in [-0.25, -0.2) is 4.79 Å². The summed E-state index contributed by atoms with van der Waals surface area (Å²) in [5, 5.41) is 0. The Hall–Kier alpha value is -1.84. The Morgan fingerprint density at radius 3 is 2.72 bits per heavy atom. The SMILES string of the molecule is CC(=O)CC1CCCN1C(=O)Oc1ccccc1. The van der Waals surface area contributed by atoms with Gasteiger partial charge in [-0.15, -0.1) is 0 Å². The normalized spacial score (nSPS) is 18.7. The average molecular weight is 247 g/mol. The molecule has 1 aliphatic rings. The largest absolute Gasteiger partial charge is 0.415 e. The number of hydrogen-bond donors (Lipinski definition) is 0. The van der Waals surface area contributed by atoms with Crippen molar-refractivity contribution in [3.05, 3.63) is 30.3 Å². The Morgan fingerprint density at radius 1 is 1.33 bits per heavy atom. The van der Waals surface area contributed by atoms with Crippen LogP contribution in [0.25, 0.3) is 0 Å². The predicted octanol–water partition coefficient (Wildman–Crippen LogP) is 2.63. The Balaban J connectivity index is 1.98. The first-order valence-electron chi connectivity index (χ1n) is 6.20. The number of hydrogen-bond acceptors (Lipinski definition) is 3. The second-order valence-electron chi connectivity index (χ2n) is 4.58. The van der Waals surface area contributed by atoms with E-state index in [9.17, 15) is 9.59 Å². The number of amides is 1. The van der Waals surface area contributed by atoms with E-state index in [-0.39, 0.29) is 17.9 Å². The lowest BCUT2D eigenvalue weighted by atomic mass is 10.1. The van der Waals surface area contributed by atoms with Crippen molar-refractivity contribution in [1.82, 2.24) is 4.90 Å². The van der Waals surface area contributed by atoms with Crippen LogP contribution in [0.2, 0.25) is 0 Å². The molecule has 1 amide bonds. The summed E-state index contributed by atoms with van der Waals surface area (Å²) in [6, 6.07) is 8.99. The maximum atomic E-state index is 12.0. The number of rotatable bonds is 3. The van der Waals surface area contributed by atoms with Crippen molar-refractivity contribution < 1.29 is 14.3 Å². The number of carbonyl (C=O) groups is 2. The second kappa shape index (κ2) is 5.67. The molecule has 1 aromatic carbocycles. The van der Waals surface area contributed by atoms with Gasteiger partial charge in [-0.2, -0.15) is 0 Å². The van der Waals surface area contributed by atoms with Crippen molar-refractivity contribution in [3.63, 3.8) is 0 Å². The average Bonchev–Trinajstić information content (AvgIpc) is 2.77. The smallest absolute Gasteiger partial charge is 0.410 e. The van der Waals surface area contributed by atoms with Crippen molar-refractivity contribution >= 4 is 11.9 Å². The Bertz CT molecular complexity index is 430. The van der Waals surface area contributed by atoms with Crippen molar-refractivity contribution in [2.75, 3.05) is 6.54 Å². The van der Waals surface area contributed by atoms with Crippen LogP contribution >= 0.6 is 0 Å². The molecule has 0 radical (unpaired) electrons. The Kier molecular flexibility index (Phi) is 3.97. The van der Waals surface area contributed by atoms with E-state index >= 15 is 0 Å². The summed E-state index contributed by atoms with van der Waals surface area (Å²) >= 11 is 0. The number of benzene rings is 1. The van der Waals surface area contributed by atoms with Crippen LogP contribution in [0.15, 0.2) is 30.3 Å². The topological polar surface area (TPSA) is 46.6 Å². The van der Waals surface area contributed by atoms with Gasteiger partial charge in [-0.05, 0) is 31.9 Å². The molecule has 1 heterocycles. The minimum absolute atomic E-state index is 0.00119. The van der Waals surface area contributed by atoms with E-state index < -0.39 is 0 Å². The molecule has 0 bridgehead atoms. The molecule has 1 fully saturated rings. The number of nitrogens with zero attached hydrogens (tertiary/aromatic N) is 1. The van der Waals surface area contributed by atoms with Gasteiger partial charge in [-0.3, -0.25) is 4.79 Å². The van der Waals surface area contributed by atoms with Crippen molar-refractivity contribution in [3.8, 4) is 5.75 Å². The molecule has 18 heavy (non-hydrogen) atoms. The fraction of sp³-hybridized carbons (Fsp3) is 0.429. The zero-order valence-electron chi connectivity index (χ0n) is 10.5. The van der Waals surface area contributed by atoms with Gasteiger partial charge >= 0.3 is 6.09 Å². The quantitative estimate of drug-likeness (QED) is 0.824. The lowest BCUT2D eigenvalue weighted by Gasteiger charge is -2.22. The van der Waals surface area contributed by atoms with Gasteiger partial charge in [0.15, 0.2) is 0 Å². The van der Waals surface area contributed by atoms with Gasteiger partial charge in [0, 0.05) is 19.0 Å². The molecular formula is C14H17NO3. The number of likely N-dealkylation sites (tertiary alicyclic amines) is 1. The zero-order valence-corrected chi connectivity index (χ0v) is 10.5. The van der Waals surface area contributed by atoms with E-state index in [0.29, 0.717) is 18.7 Å². The molecule has 0 N–H and O–H groups in total. The second-order valence-corrected chi connectivity index (χ2v) is 4.58. The molecule has 0 aliphatic carbocycles. The number of ether oxygens (including phenoxy) is 1. The van der Waals surface area contributed by atoms with Crippen LogP contribution in [-0.4, -0.2) is 29.4 Å². The minimum Gasteiger partial charge on any atom is -0.410 e. The molecule has 4 heteroatoms. The molecule has 96 valence electrons. The Morgan fingerprint density at radius 2 is 2.06 bits per heavy atom. The maximum absolute atomic E-state index is 12.0. The fourth-order valence-electron chi connectivity index (χ4n) is 2.27. The van der Waals surface area contributed by atoms with Gasteiger partial charge in [0.25, 0.3) is 0 Å². The van der Waals surface area contributed by atoms with Gasteiger partial charge in [0.1, 0.15) is 11.5 Å². The van der Waals surface area contributed by atoms with Crippen LogP contribution in [0, 0.1) is 0 Å². The molecule has 2 rings (SSSR count). The molecule has 0 saturated carbocycles. The standard InChI is InChI=1S/C14H17NO3/c1-11(16)10-12-6-5-9-15(12)14(17)18-13-7-3-2-4-8-13/h2-4,7-8,12H,5-6,9-10H2,1H3. The van der Waals surface area contributed by atoms with Crippen molar-refractivity contribution in [2.24, 2.45) is 0 Å². The highest BCUT2D eigenvalue weighted by molar-refractivity contribution is 5.78. The number of Topliss-reactive ketones (excluding diaryl/α,β-unsaturated/α-hetero) is 1. The molecule has 1 aliphatic heterocycles. The molecule has 1 atom stereocenters. The van der Waals surface area contributed by atoms with E-state index in [1.807, 2.05) is 18.2 Å². The summed E-state index contributed by atoms with van der Waals surface area (Å²) in [6.07, 6.45) is 1.87. The minimum atomic E-state index is -0.357. The summed E-state index contributed by atoms with van der Waals surface area (Å²) in [7, 11) is 0. The van der Waals surface area contributed by atoms with Crippen molar-refractivity contribution in [2.45, 2.75) is 32.2 Å². The van der Waals surface area contributed by atoms with Crippen LogP contribution in [-0.2, 0) is 4.79 Å². The molecule has 1 unspecified atom stereocenters. The third-order valence-corrected chi connectivity index (χ3v) is 3.08. The van der Waals surface area contributed by atoms with E-state index in [1.54, 1.807) is 24.0 Å². The molecule has 0 spiro atoms. The number of para-hydroxylation sites is 1. The van der Waals surface area contributed by atoms with Gasteiger partial charge < -0.3 is 9.64 Å². The van der Waals surface area contributed by atoms with E-state index in [4.69, 9.17) is 4.74 Å². The van der Waals surface area contributed by atoms with Gasteiger partial charge in [0.2, 0.25) is 0 Å². The van der Waals surface area contributed by atoms with Gasteiger partial charge in [0.05, 0.1) is 0 Å². The molecule has 1 saturated heterocycles.